The molecule has 0 amide bonds. The van der Waals surface area contributed by atoms with Gasteiger partial charge in [-0.3, -0.25) is 15.1 Å². The lowest BCUT2D eigenvalue weighted by molar-refractivity contribution is -0.384. The predicted octanol–water partition coefficient (Wildman–Crippen LogP) is 2.95. The maximum atomic E-state index is 10.7. The number of nitro benzene ring substituents is 1. The summed E-state index contributed by atoms with van der Waals surface area (Å²) in [6.45, 7) is 2.66. The second-order valence-corrected chi connectivity index (χ2v) is 4.29. The fraction of sp³-hybridized carbons (Fsp3) is 0.214. The molecule has 0 bridgehead atoms. The van der Waals surface area contributed by atoms with E-state index in [0.717, 1.165) is 24.2 Å². The molecule has 0 spiro atoms. The zero-order chi connectivity index (χ0) is 13.7. The third-order valence-electron chi connectivity index (χ3n) is 2.91. The number of hydrogen-bond donors (Lipinski definition) is 1. The molecule has 1 aromatic carbocycles. The second kappa shape index (κ2) is 5.95. The molecule has 1 N–H and O–H groups in total. The molecule has 0 radical (unpaired) electrons. The molecular weight excluding hydrogens is 242 g/mol. The number of aryl methyl sites for hydroxylation is 1. The SMILES string of the molecule is Cc1ccc([N+](=O)[O-])cc1NCCc1ccncc1. The summed E-state index contributed by atoms with van der Waals surface area (Å²) >= 11 is 0. The molecule has 0 fully saturated rings. The van der Waals surface area contributed by atoms with E-state index in [2.05, 4.69) is 10.3 Å². The van der Waals surface area contributed by atoms with E-state index < -0.39 is 0 Å². The number of benzene rings is 1. The Labute approximate surface area is 111 Å². The lowest BCUT2D eigenvalue weighted by atomic mass is 10.1. The molecule has 1 heterocycles. The molecule has 0 saturated carbocycles. The average molecular weight is 257 g/mol. The van der Waals surface area contributed by atoms with Crippen LogP contribution in [0.25, 0.3) is 0 Å². The highest BCUT2D eigenvalue weighted by Crippen LogP contribution is 2.21. The highest BCUT2D eigenvalue weighted by molar-refractivity contribution is 5.56. The number of nitrogens with zero attached hydrogens (tertiary/aromatic N) is 2. The van der Waals surface area contributed by atoms with Crippen LogP contribution in [0.1, 0.15) is 11.1 Å². The van der Waals surface area contributed by atoms with E-state index >= 15 is 0 Å². The number of hydrogen-bond acceptors (Lipinski definition) is 4. The molecule has 0 aliphatic carbocycles. The smallest absolute Gasteiger partial charge is 0.271 e. The molecule has 0 aliphatic rings. The molecule has 0 unspecified atom stereocenters. The van der Waals surface area contributed by atoms with Crippen molar-refractivity contribution in [3.63, 3.8) is 0 Å². The van der Waals surface area contributed by atoms with Crippen molar-refractivity contribution in [2.24, 2.45) is 0 Å². The van der Waals surface area contributed by atoms with Crippen LogP contribution in [0.3, 0.4) is 0 Å². The molecule has 2 rings (SSSR count). The summed E-state index contributed by atoms with van der Waals surface area (Å²) in [6.07, 6.45) is 4.37. The van der Waals surface area contributed by atoms with Gasteiger partial charge in [-0.2, -0.15) is 0 Å². The van der Waals surface area contributed by atoms with Gasteiger partial charge >= 0.3 is 0 Å². The summed E-state index contributed by atoms with van der Waals surface area (Å²) in [7, 11) is 0. The summed E-state index contributed by atoms with van der Waals surface area (Å²) in [5.74, 6) is 0. The Hall–Kier alpha value is -2.43. The van der Waals surface area contributed by atoms with E-state index in [1.807, 2.05) is 19.1 Å². The molecule has 1 aromatic heterocycles. The molecule has 98 valence electrons. The van der Waals surface area contributed by atoms with Gasteiger partial charge in [0.2, 0.25) is 0 Å². The van der Waals surface area contributed by atoms with Gasteiger partial charge in [-0.05, 0) is 36.6 Å². The van der Waals surface area contributed by atoms with Crippen molar-refractivity contribution in [2.75, 3.05) is 11.9 Å². The van der Waals surface area contributed by atoms with E-state index in [0.29, 0.717) is 0 Å². The first-order valence-electron chi connectivity index (χ1n) is 6.04. The van der Waals surface area contributed by atoms with Crippen molar-refractivity contribution in [2.45, 2.75) is 13.3 Å². The molecule has 2 aromatic rings. The van der Waals surface area contributed by atoms with Gasteiger partial charge in [0.15, 0.2) is 0 Å². The summed E-state index contributed by atoms with van der Waals surface area (Å²) in [5.41, 5.74) is 3.10. The number of non-ortho nitro benzene ring substituents is 1. The van der Waals surface area contributed by atoms with Gasteiger partial charge in [0.25, 0.3) is 5.69 Å². The number of nitrogens with one attached hydrogen (secondary N) is 1. The topological polar surface area (TPSA) is 68.1 Å². The van der Waals surface area contributed by atoms with Crippen molar-refractivity contribution < 1.29 is 4.92 Å². The minimum atomic E-state index is -0.381. The van der Waals surface area contributed by atoms with Crippen molar-refractivity contribution in [1.82, 2.24) is 4.98 Å². The monoisotopic (exact) mass is 257 g/mol. The second-order valence-electron chi connectivity index (χ2n) is 4.29. The van der Waals surface area contributed by atoms with Crippen LogP contribution in [0.15, 0.2) is 42.7 Å². The minimum Gasteiger partial charge on any atom is -0.384 e. The van der Waals surface area contributed by atoms with Gasteiger partial charge in [-0.25, -0.2) is 0 Å². The highest BCUT2D eigenvalue weighted by Gasteiger charge is 2.07. The summed E-state index contributed by atoms with van der Waals surface area (Å²) in [4.78, 5) is 14.3. The summed E-state index contributed by atoms with van der Waals surface area (Å²) in [5, 5.41) is 14.0. The lowest BCUT2D eigenvalue weighted by Gasteiger charge is -2.09. The van der Waals surface area contributed by atoms with Gasteiger partial charge in [-0.1, -0.05) is 6.07 Å². The number of aromatic nitrogens is 1. The van der Waals surface area contributed by atoms with E-state index in [1.165, 1.54) is 11.6 Å². The Morgan fingerprint density at radius 2 is 2.00 bits per heavy atom. The van der Waals surface area contributed by atoms with Gasteiger partial charge < -0.3 is 5.32 Å². The van der Waals surface area contributed by atoms with Crippen molar-refractivity contribution in [3.05, 3.63) is 64.0 Å². The van der Waals surface area contributed by atoms with E-state index in [-0.39, 0.29) is 10.6 Å². The Bertz CT molecular complexity index is 570. The van der Waals surface area contributed by atoms with Gasteiger partial charge in [0.05, 0.1) is 4.92 Å². The van der Waals surface area contributed by atoms with Crippen LogP contribution in [0.4, 0.5) is 11.4 Å². The third-order valence-corrected chi connectivity index (χ3v) is 2.91. The minimum absolute atomic E-state index is 0.108. The van der Waals surface area contributed by atoms with E-state index in [4.69, 9.17) is 0 Å². The zero-order valence-electron chi connectivity index (χ0n) is 10.7. The van der Waals surface area contributed by atoms with Crippen LogP contribution in [0, 0.1) is 17.0 Å². The maximum absolute atomic E-state index is 10.7. The molecule has 5 nitrogen and oxygen atoms in total. The normalized spacial score (nSPS) is 10.2. The molecule has 0 aliphatic heterocycles. The Morgan fingerprint density at radius 1 is 1.26 bits per heavy atom. The first-order chi connectivity index (χ1) is 9.16. The molecule has 19 heavy (non-hydrogen) atoms. The van der Waals surface area contributed by atoms with E-state index in [9.17, 15) is 10.1 Å². The Kier molecular flexibility index (Phi) is 4.07. The average Bonchev–Trinajstić information content (AvgIpc) is 2.42. The predicted molar refractivity (Wildman–Crippen MR) is 74.3 cm³/mol. The standard InChI is InChI=1S/C14H15N3O2/c1-11-2-3-13(17(18)19)10-14(11)16-9-6-12-4-7-15-8-5-12/h2-5,7-8,10,16H,6,9H2,1H3. The van der Waals surface area contributed by atoms with Crippen molar-refractivity contribution >= 4 is 11.4 Å². The maximum Gasteiger partial charge on any atom is 0.271 e. The van der Waals surface area contributed by atoms with Gasteiger partial charge in [0.1, 0.15) is 0 Å². The number of rotatable bonds is 5. The quantitative estimate of drug-likeness (QED) is 0.660. The number of anilines is 1. The number of nitro groups is 1. The van der Waals surface area contributed by atoms with Crippen LogP contribution in [0.2, 0.25) is 0 Å². The van der Waals surface area contributed by atoms with Crippen molar-refractivity contribution in [3.8, 4) is 0 Å². The fourth-order valence-corrected chi connectivity index (χ4v) is 1.80. The van der Waals surface area contributed by atoms with Crippen LogP contribution < -0.4 is 5.32 Å². The first-order valence-corrected chi connectivity index (χ1v) is 6.04. The van der Waals surface area contributed by atoms with Crippen LogP contribution in [-0.4, -0.2) is 16.5 Å². The third kappa shape index (κ3) is 3.51. The largest absolute Gasteiger partial charge is 0.384 e. The van der Waals surface area contributed by atoms with Crippen LogP contribution in [0.5, 0.6) is 0 Å². The molecule has 5 heteroatoms. The molecule has 0 saturated heterocycles. The van der Waals surface area contributed by atoms with E-state index in [1.54, 1.807) is 24.5 Å². The fourth-order valence-electron chi connectivity index (χ4n) is 1.80. The summed E-state index contributed by atoms with van der Waals surface area (Å²) < 4.78 is 0. The van der Waals surface area contributed by atoms with Crippen LogP contribution in [-0.2, 0) is 6.42 Å². The zero-order valence-corrected chi connectivity index (χ0v) is 10.7. The summed E-state index contributed by atoms with van der Waals surface area (Å²) in [6, 6.07) is 8.77. The Balaban J connectivity index is 1.99. The molecular formula is C14H15N3O2. The van der Waals surface area contributed by atoms with Gasteiger partial charge in [-0.15, -0.1) is 0 Å². The van der Waals surface area contributed by atoms with Gasteiger partial charge in [0, 0.05) is 36.8 Å². The highest BCUT2D eigenvalue weighted by atomic mass is 16.6. The first kappa shape index (κ1) is 13.0. The molecule has 0 atom stereocenters. The number of pyridine rings is 1. The van der Waals surface area contributed by atoms with Crippen molar-refractivity contribution in [1.29, 1.82) is 0 Å². The Morgan fingerprint density at radius 3 is 2.68 bits per heavy atom. The lowest BCUT2D eigenvalue weighted by Crippen LogP contribution is -2.06. The van der Waals surface area contributed by atoms with Crippen LogP contribution >= 0.6 is 0 Å².